The lowest BCUT2D eigenvalue weighted by molar-refractivity contribution is 0.100. The molecule has 0 saturated heterocycles. The minimum atomic E-state index is -0.394. The fourth-order valence-electron chi connectivity index (χ4n) is 3.88. The minimum Gasteiger partial charge on any atom is -0.366 e. The van der Waals surface area contributed by atoms with Crippen LogP contribution >= 0.6 is 12.2 Å². The molecule has 27 heavy (non-hydrogen) atoms. The van der Waals surface area contributed by atoms with Crippen molar-refractivity contribution in [3.05, 3.63) is 87.9 Å². The number of aryl methyl sites for hydroxylation is 3. The Morgan fingerprint density at radius 1 is 1.07 bits per heavy atom. The van der Waals surface area contributed by atoms with Gasteiger partial charge in [-0.05, 0) is 66.7 Å². The van der Waals surface area contributed by atoms with E-state index < -0.39 is 5.91 Å². The van der Waals surface area contributed by atoms with Crippen LogP contribution in [0.3, 0.4) is 0 Å². The second-order valence-electron chi connectivity index (χ2n) is 7.16. The van der Waals surface area contributed by atoms with Crippen LogP contribution in [0.1, 0.15) is 39.5 Å². The number of carbonyl (C=O) groups excluding carboxylic acids is 1. The topological polar surface area (TPSA) is 53.0 Å². The lowest BCUT2D eigenvalue weighted by Crippen LogP contribution is -2.18. The van der Waals surface area contributed by atoms with Crippen molar-refractivity contribution in [3.8, 4) is 0 Å². The molecule has 2 aromatic carbocycles. The number of nitrogens with two attached hydrogens (primary N) is 1. The molecule has 1 aliphatic carbocycles. The van der Waals surface area contributed by atoms with Crippen LogP contribution in [0, 0.1) is 4.77 Å². The number of nitrogens with zero attached hydrogens (tertiary/aromatic N) is 2. The van der Waals surface area contributed by atoms with Crippen LogP contribution in [-0.2, 0) is 25.8 Å². The van der Waals surface area contributed by atoms with Gasteiger partial charge < -0.3 is 14.9 Å². The second kappa shape index (κ2) is 7.53. The average Bonchev–Trinajstić information content (AvgIpc) is 3.06. The quantitative estimate of drug-likeness (QED) is 0.681. The monoisotopic (exact) mass is 377 g/mol. The molecule has 4 nitrogen and oxygen atoms in total. The number of hydrogen-bond donors (Lipinski definition) is 1. The molecule has 1 heterocycles. The summed E-state index contributed by atoms with van der Waals surface area (Å²) in [5.41, 5.74) is 9.92. The number of primary amides is 1. The molecule has 0 aliphatic heterocycles. The number of fused-ring (bicyclic) bond motifs is 1. The van der Waals surface area contributed by atoms with Gasteiger partial charge in [0.25, 0.3) is 0 Å². The molecule has 138 valence electrons. The standard InChI is InChI=1S/C22H23N3OS/c23-21(26)18-7-5-16(6-8-18)11-12-24-13-14-25(22(24)27)20-10-9-17-3-1-2-4-19(17)15-20/h1-8,13-14,20H,9-12,15H2,(H2,23,26). The Kier molecular flexibility index (Phi) is 4.94. The van der Waals surface area contributed by atoms with Crippen molar-refractivity contribution in [3.63, 3.8) is 0 Å². The number of carbonyl (C=O) groups is 1. The van der Waals surface area contributed by atoms with Gasteiger partial charge in [0.05, 0.1) is 0 Å². The van der Waals surface area contributed by atoms with Crippen LogP contribution in [0.15, 0.2) is 60.9 Å². The normalized spacial score (nSPS) is 16.1. The van der Waals surface area contributed by atoms with Gasteiger partial charge in [-0.1, -0.05) is 36.4 Å². The summed E-state index contributed by atoms with van der Waals surface area (Å²) in [7, 11) is 0. The van der Waals surface area contributed by atoms with Gasteiger partial charge in [-0.2, -0.15) is 0 Å². The predicted molar refractivity (Wildman–Crippen MR) is 109 cm³/mol. The maximum absolute atomic E-state index is 11.2. The zero-order valence-electron chi connectivity index (χ0n) is 15.2. The summed E-state index contributed by atoms with van der Waals surface area (Å²) in [4.78, 5) is 11.2. The van der Waals surface area contributed by atoms with Gasteiger partial charge in [-0.15, -0.1) is 0 Å². The Hall–Kier alpha value is -2.66. The molecule has 0 spiro atoms. The van der Waals surface area contributed by atoms with Crippen molar-refractivity contribution in [2.24, 2.45) is 5.73 Å². The highest BCUT2D eigenvalue weighted by Gasteiger charge is 2.20. The van der Waals surface area contributed by atoms with Gasteiger partial charge in [-0.3, -0.25) is 4.79 Å². The Balaban J connectivity index is 1.45. The third-order valence-corrected chi connectivity index (χ3v) is 5.91. The van der Waals surface area contributed by atoms with Gasteiger partial charge in [0, 0.05) is 30.5 Å². The van der Waals surface area contributed by atoms with Gasteiger partial charge in [-0.25, -0.2) is 0 Å². The molecule has 4 rings (SSSR count). The molecule has 1 unspecified atom stereocenters. The van der Waals surface area contributed by atoms with E-state index in [0.29, 0.717) is 11.6 Å². The molecular formula is C22H23N3OS. The average molecular weight is 378 g/mol. The van der Waals surface area contributed by atoms with E-state index in [-0.39, 0.29) is 0 Å². The van der Waals surface area contributed by atoms with E-state index in [9.17, 15) is 4.79 Å². The summed E-state index contributed by atoms with van der Waals surface area (Å²) in [6.45, 7) is 0.824. The van der Waals surface area contributed by atoms with Crippen molar-refractivity contribution in [1.29, 1.82) is 0 Å². The molecule has 1 amide bonds. The van der Waals surface area contributed by atoms with Crippen molar-refractivity contribution >= 4 is 18.1 Å². The molecular weight excluding hydrogens is 354 g/mol. The molecule has 1 aliphatic rings. The summed E-state index contributed by atoms with van der Waals surface area (Å²) in [6, 6.07) is 16.6. The summed E-state index contributed by atoms with van der Waals surface area (Å²) in [5.74, 6) is -0.394. The van der Waals surface area contributed by atoms with Crippen LogP contribution in [-0.4, -0.2) is 15.0 Å². The van der Waals surface area contributed by atoms with Crippen LogP contribution < -0.4 is 5.73 Å². The van der Waals surface area contributed by atoms with Gasteiger partial charge in [0.2, 0.25) is 5.91 Å². The fourth-order valence-corrected chi connectivity index (χ4v) is 4.24. The van der Waals surface area contributed by atoms with E-state index in [1.54, 1.807) is 12.1 Å². The Morgan fingerprint density at radius 2 is 1.81 bits per heavy atom. The molecule has 1 atom stereocenters. The van der Waals surface area contributed by atoms with Gasteiger partial charge in [0.15, 0.2) is 4.77 Å². The van der Waals surface area contributed by atoms with E-state index in [2.05, 4.69) is 45.8 Å². The summed E-state index contributed by atoms with van der Waals surface area (Å²) in [6.07, 6.45) is 8.36. The number of hydrogen-bond acceptors (Lipinski definition) is 2. The predicted octanol–water partition coefficient (Wildman–Crippen LogP) is 4.09. The van der Waals surface area contributed by atoms with Crippen molar-refractivity contribution < 1.29 is 4.79 Å². The molecule has 0 fully saturated rings. The van der Waals surface area contributed by atoms with Crippen LogP contribution in [0.25, 0.3) is 0 Å². The van der Waals surface area contributed by atoms with E-state index in [4.69, 9.17) is 18.0 Å². The maximum atomic E-state index is 11.2. The van der Waals surface area contributed by atoms with Gasteiger partial charge >= 0.3 is 0 Å². The van der Waals surface area contributed by atoms with E-state index in [1.165, 1.54) is 16.7 Å². The van der Waals surface area contributed by atoms with Crippen molar-refractivity contribution in [1.82, 2.24) is 9.13 Å². The number of amides is 1. The first-order chi connectivity index (χ1) is 13.1. The molecule has 5 heteroatoms. The lowest BCUT2D eigenvalue weighted by Gasteiger charge is -2.25. The minimum absolute atomic E-state index is 0.394. The van der Waals surface area contributed by atoms with Crippen LogP contribution in [0.2, 0.25) is 0 Å². The summed E-state index contributed by atoms with van der Waals surface area (Å²) in [5, 5.41) is 0. The fraction of sp³-hybridized carbons (Fsp3) is 0.273. The summed E-state index contributed by atoms with van der Waals surface area (Å²) < 4.78 is 5.27. The molecule has 0 saturated carbocycles. The van der Waals surface area contributed by atoms with Crippen LogP contribution in [0.4, 0.5) is 0 Å². The highest BCUT2D eigenvalue weighted by Crippen LogP contribution is 2.29. The molecule has 0 radical (unpaired) electrons. The number of benzene rings is 2. The Bertz CT molecular complexity index is 1020. The first-order valence-electron chi connectivity index (χ1n) is 9.34. The highest BCUT2D eigenvalue weighted by molar-refractivity contribution is 7.71. The van der Waals surface area contributed by atoms with Crippen molar-refractivity contribution in [2.75, 3.05) is 0 Å². The van der Waals surface area contributed by atoms with Gasteiger partial charge in [0.1, 0.15) is 0 Å². The molecule has 3 aromatic rings. The lowest BCUT2D eigenvalue weighted by atomic mass is 9.88. The third kappa shape index (κ3) is 3.74. The van der Waals surface area contributed by atoms with E-state index in [1.807, 2.05) is 12.1 Å². The molecule has 1 aromatic heterocycles. The van der Waals surface area contributed by atoms with E-state index >= 15 is 0 Å². The zero-order chi connectivity index (χ0) is 18.8. The maximum Gasteiger partial charge on any atom is 0.248 e. The largest absolute Gasteiger partial charge is 0.366 e. The zero-order valence-corrected chi connectivity index (χ0v) is 16.0. The Labute approximate surface area is 164 Å². The smallest absolute Gasteiger partial charge is 0.248 e. The Morgan fingerprint density at radius 3 is 2.56 bits per heavy atom. The second-order valence-corrected chi connectivity index (χ2v) is 7.52. The molecule has 0 bridgehead atoms. The van der Waals surface area contributed by atoms with Crippen LogP contribution in [0.5, 0.6) is 0 Å². The third-order valence-electron chi connectivity index (χ3n) is 5.47. The number of aromatic nitrogens is 2. The van der Waals surface area contributed by atoms with Crippen molar-refractivity contribution in [2.45, 2.75) is 38.3 Å². The highest BCUT2D eigenvalue weighted by atomic mass is 32.1. The SMILES string of the molecule is NC(=O)c1ccc(CCn2ccn(C3CCc4ccccc4C3)c2=S)cc1. The molecule has 2 N–H and O–H groups in total. The first kappa shape index (κ1) is 17.7. The first-order valence-corrected chi connectivity index (χ1v) is 9.75. The number of imidazole rings is 1. The van der Waals surface area contributed by atoms with E-state index in [0.717, 1.165) is 37.0 Å². The number of rotatable bonds is 5. The summed E-state index contributed by atoms with van der Waals surface area (Å²) >= 11 is 5.74.